The average Bonchev–Trinajstić information content (AvgIpc) is 2.15. The van der Waals surface area contributed by atoms with E-state index in [0.29, 0.717) is 25.6 Å². The zero-order chi connectivity index (χ0) is 9.52. The fourth-order valence-corrected chi connectivity index (χ4v) is 0.763. The topological polar surface area (TPSA) is 70.3 Å². The zero-order valence-corrected chi connectivity index (χ0v) is 7.56. The van der Waals surface area contributed by atoms with E-state index in [9.17, 15) is 0 Å². The van der Waals surface area contributed by atoms with E-state index in [1.54, 1.807) is 0 Å². The van der Waals surface area contributed by atoms with Gasteiger partial charge in [-0.15, -0.1) is 0 Å². The van der Waals surface area contributed by atoms with Crippen LogP contribution in [-0.2, 0) is 4.74 Å². The molecular formula is C8H13N3O2. The first kappa shape index (κ1) is 9.73. The second-order valence-corrected chi connectivity index (χ2v) is 2.32. The number of ether oxygens (including phenoxy) is 2. The Balaban J connectivity index is 2.25. The molecule has 2 N–H and O–H groups in total. The molecule has 5 nitrogen and oxygen atoms in total. The van der Waals surface area contributed by atoms with Crippen LogP contribution in [0.15, 0.2) is 12.4 Å². The van der Waals surface area contributed by atoms with Crippen LogP contribution in [0.1, 0.15) is 6.92 Å². The highest BCUT2D eigenvalue weighted by Gasteiger charge is 1.94. The summed E-state index contributed by atoms with van der Waals surface area (Å²) in [5, 5.41) is 0. The Morgan fingerprint density at radius 1 is 1.31 bits per heavy atom. The van der Waals surface area contributed by atoms with Crippen molar-refractivity contribution in [3.8, 4) is 5.75 Å². The molecule has 0 aliphatic rings. The summed E-state index contributed by atoms with van der Waals surface area (Å²) in [7, 11) is 0. The van der Waals surface area contributed by atoms with Gasteiger partial charge in [-0.3, -0.25) is 0 Å². The summed E-state index contributed by atoms with van der Waals surface area (Å²) in [6.07, 6.45) is 3.07. The number of aromatic nitrogens is 2. The van der Waals surface area contributed by atoms with E-state index < -0.39 is 0 Å². The number of hydrogen-bond acceptors (Lipinski definition) is 5. The van der Waals surface area contributed by atoms with Gasteiger partial charge in [0.2, 0.25) is 5.95 Å². The molecule has 0 atom stereocenters. The van der Waals surface area contributed by atoms with Gasteiger partial charge >= 0.3 is 0 Å². The first-order chi connectivity index (χ1) is 6.33. The van der Waals surface area contributed by atoms with Gasteiger partial charge in [0, 0.05) is 6.61 Å². The van der Waals surface area contributed by atoms with Crippen LogP contribution < -0.4 is 10.5 Å². The maximum absolute atomic E-state index is 5.30. The molecule has 13 heavy (non-hydrogen) atoms. The van der Waals surface area contributed by atoms with Crippen molar-refractivity contribution in [1.82, 2.24) is 9.97 Å². The van der Waals surface area contributed by atoms with Gasteiger partial charge in [-0.25, -0.2) is 9.97 Å². The molecular weight excluding hydrogens is 170 g/mol. The van der Waals surface area contributed by atoms with Gasteiger partial charge in [0.05, 0.1) is 19.0 Å². The predicted molar refractivity (Wildman–Crippen MR) is 48.4 cm³/mol. The second-order valence-electron chi connectivity index (χ2n) is 2.32. The lowest BCUT2D eigenvalue weighted by Gasteiger charge is -2.04. The molecule has 0 bridgehead atoms. The van der Waals surface area contributed by atoms with Crippen molar-refractivity contribution in [3.63, 3.8) is 0 Å². The molecule has 1 heterocycles. The summed E-state index contributed by atoms with van der Waals surface area (Å²) in [5.74, 6) is 0.853. The van der Waals surface area contributed by atoms with E-state index >= 15 is 0 Å². The Hall–Kier alpha value is -1.36. The standard InChI is InChI=1S/C8H13N3O2/c1-2-12-3-4-13-7-5-10-8(9)11-6-7/h5-6H,2-4H2,1H3,(H2,9,10,11). The minimum absolute atomic E-state index is 0.247. The summed E-state index contributed by atoms with van der Waals surface area (Å²) < 4.78 is 10.3. The third-order valence-electron chi connectivity index (χ3n) is 1.35. The molecule has 0 fully saturated rings. The fourth-order valence-electron chi connectivity index (χ4n) is 0.763. The third kappa shape index (κ3) is 3.71. The summed E-state index contributed by atoms with van der Waals surface area (Å²) in [4.78, 5) is 7.56. The molecule has 1 aromatic rings. The Morgan fingerprint density at radius 2 is 2.00 bits per heavy atom. The van der Waals surface area contributed by atoms with E-state index in [2.05, 4.69) is 9.97 Å². The molecule has 0 spiro atoms. The highest BCUT2D eigenvalue weighted by molar-refractivity contribution is 5.20. The maximum atomic E-state index is 5.30. The third-order valence-corrected chi connectivity index (χ3v) is 1.35. The van der Waals surface area contributed by atoms with Crippen LogP contribution in [0, 0.1) is 0 Å². The quantitative estimate of drug-likeness (QED) is 0.672. The van der Waals surface area contributed by atoms with E-state index in [-0.39, 0.29) is 5.95 Å². The van der Waals surface area contributed by atoms with Gasteiger partial charge in [-0.1, -0.05) is 0 Å². The molecule has 1 aromatic heterocycles. The molecule has 0 aliphatic heterocycles. The summed E-state index contributed by atoms with van der Waals surface area (Å²) in [5.41, 5.74) is 5.30. The van der Waals surface area contributed by atoms with Crippen LogP contribution in [0.3, 0.4) is 0 Å². The number of rotatable bonds is 5. The van der Waals surface area contributed by atoms with Gasteiger partial charge in [0.15, 0.2) is 5.75 Å². The van der Waals surface area contributed by atoms with E-state index in [1.165, 1.54) is 12.4 Å². The number of nitrogens with zero attached hydrogens (tertiary/aromatic N) is 2. The summed E-state index contributed by atoms with van der Waals surface area (Å²) in [6.45, 7) is 3.70. The predicted octanol–water partition coefficient (Wildman–Crippen LogP) is 0.474. The highest BCUT2D eigenvalue weighted by Crippen LogP contribution is 2.05. The Morgan fingerprint density at radius 3 is 2.62 bits per heavy atom. The number of anilines is 1. The highest BCUT2D eigenvalue weighted by atomic mass is 16.5. The molecule has 0 radical (unpaired) electrons. The van der Waals surface area contributed by atoms with Crippen LogP contribution >= 0.6 is 0 Å². The van der Waals surface area contributed by atoms with Crippen LogP contribution in [-0.4, -0.2) is 29.8 Å². The first-order valence-corrected chi connectivity index (χ1v) is 4.11. The van der Waals surface area contributed by atoms with Crippen LogP contribution in [0.4, 0.5) is 5.95 Å². The fraction of sp³-hybridized carbons (Fsp3) is 0.500. The van der Waals surface area contributed by atoms with Crippen LogP contribution in [0.25, 0.3) is 0 Å². The molecule has 0 amide bonds. The van der Waals surface area contributed by atoms with Crippen LogP contribution in [0.5, 0.6) is 5.75 Å². The van der Waals surface area contributed by atoms with Gasteiger partial charge in [-0.2, -0.15) is 0 Å². The van der Waals surface area contributed by atoms with Crippen molar-refractivity contribution in [1.29, 1.82) is 0 Å². The monoisotopic (exact) mass is 183 g/mol. The minimum Gasteiger partial charge on any atom is -0.488 e. The lowest BCUT2D eigenvalue weighted by molar-refractivity contribution is 0.110. The molecule has 5 heteroatoms. The Labute approximate surface area is 76.9 Å². The summed E-state index contributed by atoms with van der Waals surface area (Å²) in [6, 6.07) is 0. The zero-order valence-electron chi connectivity index (χ0n) is 7.56. The van der Waals surface area contributed by atoms with Gasteiger partial charge in [0.1, 0.15) is 6.61 Å². The Kier molecular flexibility index (Phi) is 3.98. The normalized spacial score (nSPS) is 9.92. The molecule has 0 saturated heterocycles. The average molecular weight is 183 g/mol. The van der Waals surface area contributed by atoms with Crippen molar-refractivity contribution >= 4 is 5.95 Å². The van der Waals surface area contributed by atoms with E-state index in [1.807, 2.05) is 6.92 Å². The minimum atomic E-state index is 0.247. The smallest absolute Gasteiger partial charge is 0.220 e. The van der Waals surface area contributed by atoms with E-state index in [4.69, 9.17) is 15.2 Å². The van der Waals surface area contributed by atoms with Crippen molar-refractivity contribution in [2.75, 3.05) is 25.6 Å². The SMILES string of the molecule is CCOCCOc1cnc(N)nc1. The summed E-state index contributed by atoms with van der Waals surface area (Å²) >= 11 is 0. The lowest BCUT2D eigenvalue weighted by atomic mass is 10.6. The molecule has 1 rings (SSSR count). The lowest BCUT2D eigenvalue weighted by Crippen LogP contribution is -2.07. The first-order valence-electron chi connectivity index (χ1n) is 4.11. The largest absolute Gasteiger partial charge is 0.488 e. The van der Waals surface area contributed by atoms with E-state index in [0.717, 1.165) is 0 Å². The molecule has 72 valence electrons. The van der Waals surface area contributed by atoms with Gasteiger partial charge < -0.3 is 15.2 Å². The molecule has 0 saturated carbocycles. The molecule has 0 unspecified atom stereocenters. The van der Waals surface area contributed by atoms with Crippen molar-refractivity contribution in [3.05, 3.63) is 12.4 Å². The van der Waals surface area contributed by atoms with Gasteiger partial charge in [-0.05, 0) is 6.92 Å². The maximum Gasteiger partial charge on any atom is 0.220 e. The van der Waals surface area contributed by atoms with Gasteiger partial charge in [0.25, 0.3) is 0 Å². The number of nitrogens with two attached hydrogens (primary N) is 1. The van der Waals surface area contributed by atoms with Crippen molar-refractivity contribution in [2.24, 2.45) is 0 Å². The van der Waals surface area contributed by atoms with Crippen LogP contribution in [0.2, 0.25) is 0 Å². The second kappa shape index (κ2) is 5.31. The molecule has 0 aromatic carbocycles. The Bertz CT molecular complexity index is 238. The van der Waals surface area contributed by atoms with Crippen molar-refractivity contribution in [2.45, 2.75) is 6.92 Å². The molecule has 0 aliphatic carbocycles. The number of nitrogen functional groups attached to an aromatic ring is 1. The van der Waals surface area contributed by atoms with Crippen molar-refractivity contribution < 1.29 is 9.47 Å². The number of hydrogen-bond donors (Lipinski definition) is 1.